The van der Waals surface area contributed by atoms with Crippen molar-refractivity contribution in [3.63, 3.8) is 0 Å². The molecule has 0 bridgehead atoms. The summed E-state index contributed by atoms with van der Waals surface area (Å²) in [7, 11) is 0. The summed E-state index contributed by atoms with van der Waals surface area (Å²) >= 11 is 0. The van der Waals surface area contributed by atoms with Crippen LogP contribution in [0.1, 0.15) is 22.6 Å². The van der Waals surface area contributed by atoms with Gasteiger partial charge in [0.1, 0.15) is 12.0 Å². The van der Waals surface area contributed by atoms with Gasteiger partial charge in [-0.1, -0.05) is 0 Å². The van der Waals surface area contributed by atoms with Gasteiger partial charge < -0.3 is 10.2 Å². The number of aromatic nitrogens is 2. The van der Waals surface area contributed by atoms with Crippen molar-refractivity contribution in [3.05, 3.63) is 23.8 Å². The molecule has 1 aliphatic heterocycles. The van der Waals surface area contributed by atoms with E-state index in [4.69, 9.17) is 0 Å². The Hall–Kier alpha value is -1.49. The van der Waals surface area contributed by atoms with E-state index in [0.717, 1.165) is 38.3 Å². The topological polar surface area (TPSA) is 58.1 Å². The normalized spacial score (nSPS) is 16.9. The Bertz CT molecular complexity index is 372. The standard InChI is InChI=1S/C11H16N4O/c1-9-7-10(14-8-13-9)11(16)15-5-2-3-12-4-6-15/h7-8,12H,2-6H2,1H3. The summed E-state index contributed by atoms with van der Waals surface area (Å²) < 4.78 is 0. The summed E-state index contributed by atoms with van der Waals surface area (Å²) in [6, 6.07) is 1.74. The molecule has 1 aromatic rings. The average molecular weight is 220 g/mol. The van der Waals surface area contributed by atoms with Crippen LogP contribution in [0.2, 0.25) is 0 Å². The van der Waals surface area contributed by atoms with Gasteiger partial charge in [-0.25, -0.2) is 9.97 Å². The first kappa shape index (κ1) is 11.0. The summed E-state index contributed by atoms with van der Waals surface area (Å²) in [6.07, 6.45) is 2.44. The summed E-state index contributed by atoms with van der Waals surface area (Å²) in [5.74, 6) is 0.00852. The fourth-order valence-electron chi connectivity index (χ4n) is 1.78. The number of carbonyl (C=O) groups is 1. The van der Waals surface area contributed by atoms with E-state index in [2.05, 4.69) is 15.3 Å². The molecule has 0 saturated carbocycles. The summed E-state index contributed by atoms with van der Waals surface area (Å²) in [5, 5.41) is 3.27. The molecule has 0 aliphatic carbocycles. The lowest BCUT2D eigenvalue weighted by molar-refractivity contribution is 0.0760. The molecule has 16 heavy (non-hydrogen) atoms. The fraction of sp³-hybridized carbons (Fsp3) is 0.545. The number of carbonyl (C=O) groups excluding carboxylic acids is 1. The maximum atomic E-state index is 12.1. The molecule has 2 heterocycles. The maximum Gasteiger partial charge on any atom is 0.272 e. The van der Waals surface area contributed by atoms with Crippen LogP contribution in [0.3, 0.4) is 0 Å². The minimum Gasteiger partial charge on any atom is -0.336 e. The number of aryl methyl sites for hydroxylation is 1. The van der Waals surface area contributed by atoms with Crippen LogP contribution in [-0.2, 0) is 0 Å². The molecule has 0 spiro atoms. The van der Waals surface area contributed by atoms with Crippen LogP contribution in [0.15, 0.2) is 12.4 Å². The SMILES string of the molecule is Cc1cc(C(=O)N2CCCNCC2)ncn1. The average Bonchev–Trinajstić information content (AvgIpc) is 2.56. The molecule has 0 atom stereocenters. The Labute approximate surface area is 94.9 Å². The van der Waals surface area contributed by atoms with E-state index < -0.39 is 0 Å². The Morgan fingerprint density at radius 2 is 2.25 bits per heavy atom. The minimum absolute atomic E-state index is 0.00852. The molecule has 1 N–H and O–H groups in total. The van der Waals surface area contributed by atoms with E-state index in [1.54, 1.807) is 6.07 Å². The zero-order chi connectivity index (χ0) is 11.4. The second-order valence-electron chi connectivity index (χ2n) is 3.94. The monoisotopic (exact) mass is 220 g/mol. The van der Waals surface area contributed by atoms with Crippen molar-refractivity contribution in [2.75, 3.05) is 26.2 Å². The summed E-state index contributed by atoms with van der Waals surface area (Å²) in [4.78, 5) is 22.0. The first-order valence-electron chi connectivity index (χ1n) is 5.56. The van der Waals surface area contributed by atoms with Crippen molar-refractivity contribution >= 4 is 5.91 Å². The van der Waals surface area contributed by atoms with Gasteiger partial charge in [0.05, 0.1) is 0 Å². The predicted molar refractivity (Wildman–Crippen MR) is 60.2 cm³/mol. The number of nitrogens with one attached hydrogen (secondary N) is 1. The van der Waals surface area contributed by atoms with Gasteiger partial charge in [-0.05, 0) is 26.0 Å². The second kappa shape index (κ2) is 5.03. The van der Waals surface area contributed by atoms with Crippen molar-refractivity contribution in [1.29, 1.82) is 0 Å². The Kier molecular flexibility index (Phi) is 3.46. The molecule has 5 heteroatoms. The molecular weight excluding hydrogens is 204 g/mol. The van der Waals surface area contributed by atoms with E-state index in [0.29, 0.717) is 5.69 Å². The van der Waals surface area contributed by atoms with Crippen molar-refractivity contribution in [2.45, 2.75) is 13.3 Å². The molecule has 0 radical (unpaired) electrons. The van der Waals surface area contributed by atoms with Crippen LogP contribution in [0.25, 0.3) is 0 Å². The Morgan fingerprint density at radius 3 is 3.06 bits per heavy atom. The van der Waals surface area contributed by atoms with Gasteiger partial charge in [-0.15, -0.1) is 0 Å². The molecule has 0 aromatic carbocycles. The minimum atomic E-state index is 0.00852. The van der Waals surface area contributed by atoms with E-state index in [-0.39, 0.29) is 5.91 Å². The van der Waals surface area contributed by atoms with Crippen molar-refractivity contribution in [3.8, 4) is 0 Å². The molecule has 0 unspecified atom stereocenters. The number of hydrogen-bond acceptors (Lipinski definition) is 4. The van der Waals surface area contributed by atoms with Crippen molar-refractivity contribution in [1.82, 2.24) is 20.2 Å². The van der Waals surface area contributed by atoms with Crippen LogP contribution >= 0.6 is 0 Å². The van der Waals surface area contributed by atoms with Crippen LogP contribution in [-0.4, -0.2) is 47.0 Å². The van der Waals surface area contributed by atoms with Gasteiger partial charge in [0.15, 0.2) is 0 Å². The predicted octanol–water partition coefficient (Wildman–Crippen LogP) is 0.221. The fourth-order valence-corrected chi connectivity index (χ4v) is 1.78. The highest BCUT2D eigenvalue weighted by Gasteiger charge is 2.18. The highest BCUT2D eigenvalue weighted by molar-refractivity contribution is 5.92. The Morgan fingerprint density at radius 1 is 1.38 bits per heavy atom. The molecule has 1 saturated heterocycles. The highest BCUT2D eigenvalue weighted by Crippen LogP contribution is 2.04. The largest absolute Gasteiger partial charge is 0.336 e. The molecule has 2 rings (SSSR count). The summed E-state index contributed by atoms with van der Waals surface area (Å²) in [5.41, 5.74) is 1.32. The number of hydrogen-bond donors (Lipinski definition) is 1. The van der Waals surface area contributed by atoms with E-state index in [9.17, 15) is 4.79 Å². The zero-order valence-electron chi connectivity index (χ0n) is 9.44. The lowest BCUT2D eigenvalue weighted by Gasteiger charge is -2.19. The third kappa shape index (κ3) is 2.55. The van der Waals surface area contributed by atoms with Crippen LogP contribution < -0.4 is 5.32 Å². The van der Waals surface area contributed by atoms with Gasteiger partial charge in [0.25, 0.3) is 5.91 Å². The first-order valence-corrected chi connectivity index (χ1v) is 5.56. The maximum absolute atomic E-state index is 12.1. The molecule has 1 aromatic heterocycles. The van der Waals surface area contributed by atoms with Crippen molar-refractivity contribution < 1.29 is 4.79 Å². The van der Waals surface area contributed by atoms with Gasteiger partial charge in [-0.3, -0.25) is 4.79 Å². The van der Waals surface area contributed by atoms with Gasteiger partial charge in [-0.2, -0.15) is 0 Å². The van der Waals surface area contributed by atoms with E-state index >= 15 is 0 Å². The lowest BCUT2D eigenvalue weighted by atomic mass is 10.3. The number of amides is 1. The number of nitrogens with zero attached hydrogens (tertiary/aromatic N) is 3. The van der Waals surface area contributed by atoms with E-state index in [1.807, 2.05) is 11.8 Å². The third-order valence-electron chi connectivity index (χ3n) is 2.65. The molecule has 1 aliphatic rings. The molecule has 5 nitrogen and oxygen atoms in total. The second-order valence-corrected chi connectivity index (χ2v) is 3.94. The van der Waals surface area contributed by atoms with Gasteiger partial charge >= 0.3 is 0 Å². The highest BCUT2D eigenvalue weighted by atomic mass is 16.2. The van der Waals surface area contributed by atoms with Crippen molar-refractivity contribution in [2.24, 2.45) is 0 Å². The zero-order valence-corrected chi connectivity index (χ0v) is 9.44. The third-order valence-corrected chi connectivity index (χ3v) is 2.65. The molecule has 1 fully saturated rings. The van der Waals surface area contributed by atoms with E-state index in [1.165, 1.54) is 6.33 Å². The summed E-state index contributed by atoms with van der Waals surface area (Å²) in [6.45, 7) is 5.25. The first-order chi connectivity index (χ1) is 7.77. The molecular formula is C11H16N4O. The van der Waals surface area contributed by atoms with Crippen LogP contribution in [0, 0.1) is 6.92 Å². The number of rotatable bonds is 1. The van der Waals surface area contributed by atoms with Gasteiger partial charge in [0, 0.05) is 25.3 Å². The van der Waals surface area contributed by atoms with Crippen LogP contribution in [0.5, 0.6) is 0 Å². The lowest BCUT2D eigenvalue weighted by Crippen LogP contribution is -2.34. The Balaban J connectivity index is 2.11. The van der Waals surface area contributed by atoms with Gasteiger partial charge in [0.2, 0.25) is 0 Å². The molecule has 86 valence electrons. The molecule has 1 amide bonds. The quantitative estimate of drug-likeness (QED) is 0.735. The van der Waals surface area contributed by atoms with Crippen LogP contribution in [0.4, 0.5) is 0 Å². The smallest absolute Gasteiger partial charge is 0.272 e.